The number of nitrogens with one attached hydrogen (secondary N) is 1. The van der Waals surface area contributed by atoms with Gasteiger partial charge in [-0.2, -0.15) is 13.2 Å². The molecular formula is C21H25F3N4O4S. The Hall–Kier alpha value is -2.57. The van der Waals surface area contributed by atoms with Crippen LogP contribution in [0.1, 0.15) is 33.8 Å². The van der Waals surface area contributed by atoms with E-state index >= 15 is 0 Å². The van der Waals surface area contributed by atoms with E-state index in [0.29, 0.717) is 24.8 Å². The van der Waals surface area contributed by atoms with Gasteiger partial charge in [0.1, 0.15) is 5.69 Å². The maximum absolute atomic E-state index is 12.0. The largest absolute Gasteiger partial charge is 0.490 e. The fourth-order valence-electron chi connectivity index (χ4n) is 3.72. The highest BCUT2D eigenvalue weighted by molar-refractivity contribution is 7.10. The Morgan fingerprint density at radius 2 is 2.09 bits per heavy atom. The average Bonchev–Trinajstić information content (AvgIpc) is 3.16. The zero-order valence-corrected chi connectivity index (χ0v) is 18.8. The van der Waals surface area contributed by atoms with Crippen LogP contribution in [0.15, 0.2) is 30.0 Å². The van der Waals surface area contributed by atoms with Crippen LogP contribution in [-0.4, -0.2) is 69.9 Å². The molecule has 2 aromatic heterocycles. The van der Waals surface area contributed by atoms with Gasteiger partial charge in [-0.3, -0.25) is 14.7 Å². The molecule has 1 amide bonds. The van der Waals surface area contributed by atoms with Gasteiger partial charge in [0.25, 0.3) is 5.91 Å². The minimum atomic E-state index is -5.08. The Bertz CT molecular complexity index is 938. The van der Waals surface area contributed by atoms with Gasteiger partial charge in [-0.15, -0.1) is 11.3 Å². The number of alkyl halides is 3. The van der Waals surface area contributed by atoms with E-state index in [1.165, 1.54) is 22.8 Å². The molecule has 2 aromatic rings. The lowest BCUT2D eigenvalue weighted by Gasteiger charge is -2.53. The fraction of sp³-hybridized carbons (Fsp3) is 0.524. The molecule has 0 radical (unpaired) electrons. The molecule has 180 valence electrons. The molecule has 1 unspecified atom stereocenters. The molecule has 8 nitrogen and oxygen atoms in total. The molecular weight excluding hydrogens is 461 g/mol. The number of amides is 1. The van der Waals surface area contributed by atoms with Crippen molar-refractivity contribution in [1.82, 2.24) is 20.2 Å². The Balaban J connectivity index is 0.000000383. The summed E-state index contributed by atoms with van der Waals surface area (Å²) < 4.78 is 38.0. The first-order valence-electron chi connectivity index (χ1n) is 10.3. The van der Waals surface area contributed by atoms with Crippen LogP contribution in [0.3, 0.4) is 0 Å². The second kappa shape index (κ2) is 10.6. The molecule has 0 saturated carbocycles. The van der Waals surface area contributed by atoms with E-state index in [1.807, 2.05) is 11.3 Å². The molecule has 2 saturated heterocycles. The number of nitrogens with zero attached hydrogens (tertiary/aromatic N) is 3. The number of hydrogen-bond acceptors (Lipinski definition) is 7. The van der Waals surface area contributed by atoms with E-state index < -0.39 is 12.1 Å². The highest BCUT2D eigenvalue weighted by Crippen LogP contribution is 2.37. The highest BCUT2D eigenvalue weighted by Gasteiger charge is 2.46. The number of carbonyl (C=O) groups excluding carboxylic acids is 1. The number of likely N-dealkylation sites (tertiary alicyclic amines) is 1. The van der Waals surface area contributed by atoms with Gasteiger partial charge in [0.05, 0.1) is 18.4 Å². The van der Waals surface area contributed by atoms with Gasteiger partial charge in [0.2, 0.25) is 0 Å². The number of ether oxygens (including phenoxy) is 1. The highest BCUT2D eigenvalue weighted by atomic mass is 32.1. The van der Waals surface area contributed by atoms with Crippen LogP contribution >= 0.6 is 11.3 Å². The lowest BCUT2D eigenvalue weighted by Crippen LogP contribution is -2.64. The number of hydrogen-bond donors (Lipinski definition) is 2. The minimum absolute atomic E-state index is 0.0383. The van der Waals surface area contributed by atoms with Crippen molar-refractivity contribution in [3.63, 3.8) is 0 Å². The van der Waals surface area contributed by atoms with Crippen molar-refractivity contribution >= 4 is 23.2 Å². The molecule has 2 fully saturated rings. The van der Waals surface area contributed by atoms with Crippen molar-refractivity contribution in [2.75, 3.05) is 26.2 Å². The van der Waals surface area contributed by atoms with E-state index in [0.717, 1.165) is 32.5 Å². The summed E-state index contributed by atoms with van der Waals surface area (Å²) in [5.41, 5.74) is 1.79. The zero-order valence-electron chi connectivity index (χ0n) is 18.0. The van der Waals surface area contributed by atoms with Gasteiger partial charge in [-0.25, -0.2) is 9.78 Å². The quantitative estimate of drug-likeness (QED) is 0.670. The lowest BCUT2D eigenvalue weighted by atomic mass is 9.83. The number of aliphatic carboxylic acids is 1. The summed E-state index contributed by atoms with van der Waals surface area (Å²) in [4.78, 5) is 32.8. The second-order valence-corrected chi connectivity index (χ2v) is 9.17. The standard InChI is InChI=1S/C19H24N4O2S.C2HF3O2/c1-14-3-7-26-17(14)10-23-12-19(13-23)4-2-15(11-25-19)8-22-18(24)16-9-20-5-6-21-16;3-2(4,5)1(6)7/h3,5-7,9,15H,2,4,8,10-13H2,1H3,(H,22,24);(H,6,7). The molecule has 2 aliphatic rings. The Kier molecular flexibility index (Phi) is 8.03. The van der Waals surface area contributed by atoms with E-state index in [2.05, 4.69) is 38.6 Å². The summed E-state index contributed by atoms with van der Waals surface area (Å²) >= 11 is 1.84. The normalized spacial score (nSPS) is 19.8. The molecule has 1 spiro atoms. The molecule has 0 aliphatic carbocycles. The van der Waals surface area contributed by atoms with Gasteiger partial charge in [-0.05, 0) is 42.7 Å². The molecule has 4 rings (SSSR count). The average molecular weight is 487 g/mol. The van der Waals surface area contributed by atoms with Gasteiger partial charge in [0, 0.05) is 43.4 Å². The Morgan fingerprint density at radius 1 is 1.36 bits per heavy atom. The first kappa shape index (κ1) is 25.1. The maximum atomic E-state index is 12.0. The van der Waals surface area contributed by atoms with Crippen LogP contribution in [0.5, 0.6) is 0 Å². The van der Waals surface area contributed by atoms with Crippen LogP contribution in [0.2, 0.25) is 0 Å². The molecule has 12 heteroatoms. The molecule has 2 aliphatic heterocycles. The summed E-state index contributed by atoms with van der Waals surface area (Å²) in [7, 11) is 0. The third-order valence-corrected chi connectivity index (χ3v) is 6.59. The first-order valence-corrected chi connectivity index (χ1v) is 11.2. The van der Waals surface area contributed by atoms with Gasteiger partial charge >= 0.3 is 12.1 Å². The summed E-state index contributed by atoms with van der Waals surface area (Å²) in [6.07, 6.45) is 1.65. The van der Waals surface area contributed by atoms with Crippen molar-refractivity contribution in [3.05, 3.63) is 46.2 Å². The number of carboxylic acids is 1. The van der Waals surface area contributed by atoms with Gasteiger partial charge in [-0.1, -0.05) is 0 Å². The van der Waals surface area contributed by atoms with Crippen LogP contribution < -0.4 is 5.32 Å². The van der Waals surface area contributed by atoms with Crippen molar-refractivity contribution in [2.24, 2.45) is 5.92 Å². The number of carbonyl (C=O) groups is 2. The Morgan fingerprint density at radius 3 is 2.61 bits per heavy atom. The predicted octanol–water partition coefficient (Wildman–Crippen LogP) is 2.89. The van der Waals surface area contributed by atoms with Gasteiger partial charge in [0.15, 0.2) is 0 Å². The molecule has 0 aromatic carbocycles. The fourth-order valence-corrected chi connectivity index (χ4v) is 4.67. The number of aryl methyl sites for hydroxylation is 1. The van der Waals surface area contributed by atoms with Crippen molar-refractivity contribution in [1.29, 1.82) is 0 Å². The smallest absolute Gasteiger partial charge is 0.475 e. The molecule has 1 atom stereocenters. The van der Waals surface area contributed by atoms with Crippen LogP contribution in [0, 0.1) is 12.8 Å². The van der Waals surface area contributed by atoms with E-state index in [1.54, 1.807) is 6.20 Å². The SMILES string of the molecule is Cc1ccsc1CN1CC2(CCC(CNC(=O)c3cnccn3)CO2)C1.O=C(O)C(F)(F)F. The number of rotatable bonds is 5. The Labute approximate surface area is 192 Å². The molecule has 2 N–H and O–H groups in total. The minimum Gasteiger partial charge on any atom is -0.475 e. The van der Waals surface area contributed by atoms with Crippen LogP contribution in [0.25, 0.3) is 0 Å². The molecule has 0 bridgehead atoms. The van der Waals surface area contributed by atoms with E-state index in [4.69, 9.17) is 14.6 Å². The van der Waals surface area contributed by atoms with Crippen molar-refractivity contribution in [2.45, 2.75) is 38.1 Å². The van der Waals surface area contributed by atoms with E-state index in [9.17, 15) is 18.0 Å². The number of carboxylic acid groups (broad SMARTS) is 1. The summed E-state index contributed by atoms with van der Waals surface area (Å²) in [6.45, 7) is 6.59. The maximum Gasteiger partial charge on any atom is 0.490 e. The third kappa shape index (κ3) is 6.95. The number of aromatic nitrogens is 2. The summed E-state index contributed by atoms with van der Waals surface area (Å²) in [5.74, 6) is -2.55. The third-order valence-electron chi connectivity index (χ3n) is 5.58. The van der Waals surface area contributed by atoms with Crippen molar-refractivity contribution < 1.29 is 32.6 Å². The van der Waals surface area contributed by atoms with Crippen LogP contribution in [-0.2, 0) is 16.1 Å². The number of thiophene rings is 1. The summed E-state index contributed by atoms with van der Waals surface area (Å²) in [6, 6.07) is 2.19. The lowest BCUT2D eigenvalue weighted by molar-refractivity contribution is -0.192. The monoisotopic (exact) mass is 486 g/mol. The second-order valence-electron chi connectivity index (χ2n) is 8.17. The van der Waals surface area contributed by atoms with Crippen molar-refractivity contribution in [3.8, 4) is 0 Å². The number of halogens is 3. The van der Waals surface area contributed by atoms with Gasteiger partial charge < -0.3 is 15.2 Å². The summed E-state index contributed by atoms with van der Waals surface area (Å²) in [5, 5.41) is 12.2. The van der Waals surface area contributed by atoms with Crippen LogP contribution in [0.4, 0.5) is 13.2 Å². The topological polar surface area (TPSA) is 105 Å². The zero-order chi connectivity index (χ0) is 24.1. The molecule has 4 heterocycles. The first-order chi connectivity index (χ1) is 15.6. The molecule has 33 heavy (non-hydrogen) atoms. The van der Waals surface area contributed by atoms with E-state index in [-0.39, 0.29) is 11.5 Å². The predicted molar refractivity (Wildman–Crippen MR) is 114 cm³/mol.